The van der Waals surface area contributed by atoms with E-state index in [4.69, 9.17) is 0 Å². The van der Waals surface area contributed by atoms with Gasteiger partial charge in [0.2, 0.25) is 0 Å². The summed E-state index contributed by atoms with van der Waals surface area (Å²) in [5.74, 6) is 2.19. The van der Waals surface area contributed by atoms with Crippen LogP contribution < -0.4 is 15.9 Å². The summed E-state index contributed by atoms with van der Waals surface area (Å²) in [5, 5.41) is 43.8. The molecule has 130 valence electrons. The summed E-state index contributed by atoms with van der Waals surface area (Å²) >= 11 is 0. The lowest BCUT2D eigenvalue weighted by molar-refractivity contribution is 0.0295. The number of hydrazone groups is 1. The van der Waals surface area contributed by atoms with E-state index in [-0.39, 0.29) is 27.4 Å². The van der Waals surface area contributed by atoms with E-state index < -0.39 is 5.23 Å². The molecule has 2 unspecified atom stereocenters. The molecule has 8 nitrogen and oxygen atoms in total. The van der Waals surface area contributed by atoms with Gasteiger partial charge in [-0.05, 0) is 54.2 Å². The molecule has 3 N–H and O–H groups in total. The van der Waals surface area contributed by atoms with Gasteiger partial charge in [0.25, 0.3) is 0 Å². The summed E-state index contributed by atoms with van der Waals surface area (Å²) in [6.45, 7) is 4.61. The highest BCUT2D eigenvalue weighted by atomic mass is 16.8. The third-order valence-corrected chi connectivity index (χ3v) is 6.69. The van der Waals surface area contributed by atoms with Crippen molar-refractivity contribution in [2.75, 3.05) is 15.9 Å². The minimum atomic E-state index is -0.595. The van der Waals surface area contributed by atoms with Gasteiger partial charge in [-0.2, -0.15) is 5.10 Å². The Balaban J connectivity index is 1.55. The lowest BCUT2D eigenvalue weighted by Crippen LogP contribution is -2.26. The molecular weight excluding hydrogens is 312 g/mol. The van der Waals surface area contributed by atoms with Crippen LogP contribution in [0.2, 0.25) is 0 Å². The maximum Gasteiger partial charge on any atom is 0.121 e. The number of nitrogens with one attached hydrogen (secondary N) is 1. The quantitative estimate of drug-likeness (QED) is 0.560. The van der Waals surface area contributed by atoms with Gasteiger partial charge in [-0.15, -0.1) is 5.23 Å². The van der Waals surface area contributed by atoms with Crippen LogP contribution in [0.1, 0.15) is 26.7 Å². The summed E-state index contributed by atoms with van der Waals surface area (Å²) in [6.07, 6.45) is 4.51. The highest BCUT2D eigenvalue weighted by molar-refractivity contribution is 5.78. The summed E-state index contributed by atoms with van der Waals surface area (Å²) in [6, 6.07) is 3.78. The van der Waals surface area contributed by atoms with Crippen LogP contribution >= 0.6 is 0 Å². The van der Waals surface area contributed by atoms with E-state index in [1.165, 1.54) is 25.0 Å². The SMILES string of the molecule is CC1(C)C2C[C@@H]3[C@H](C2)C31C=NNc1ccc(N([O-])[O-])cc1N(O)O. The van der Waals surface area contributed by atoms with E-state index in [0.717, 1.165) is 12.0 Å². The first kappa shape index (κ1) is 15.6. The molecule has 4 fully saturated rings. The van der Waals surface area contributed by atoms with Crippen LogP contribution in [0.5, 0.6) is 0 Å². The fourth-order valence-electron chi connectivity index (χ4n) is 5.35. The largest absolute Gasteiger partial charge is 0.769 e. The zero-order valence-electron chi connectivity index (χ0n) is 13.5. The highest BCUT2D eigenvalue weighted by Crippen LogP contribution is 2.85. The van der Waals surface area contributed by atoms with Crippen LogP contribution in [0.3, 0.4) is 0 Å². The van der Waals surface area contributed by atoms with Crippen LogP contribution in [-0.4, -0.2) is 16.6 Å². The Bertz CT molecular complexity index is 691. The van der Waals surface area contributed by atoms with Crippen LogP contribution in [0.15, 0.2) is 23.3 Å². The molecule has 0 saturated heterocycles. The fourth-order valence-corrected chi connectivity index (χ4v) is 5.35. The zero-order chi connectivity index (χ0) is 17.3. The average molecular weight is 332 g/mol. The van der Waals surface area contributed by atoms with Crippen LogP contribution in [0.4, 0.5) is 17.1 Å². The second-order valence-electron chi connectivity index (χ2n) is 7.65. The fraction of sp³-hybridized carbons (Fsp3) is 0.562. The molecule has 0 amide bonds. The van der Waals surface area contributed by atoms with Crippen molar-refractivity contribution in [3.05, 3.63) is 28.6 Å². The maximum atomic E-state index is 10.8. The molecule has 1 aromatic rings. The molecule has 0 spiro atoms. The first-order chi connectivity index (χ1) is 11.3. The van der Waals surface area contributed by atoms with Crippen LogP contribution in [0.25, 0.3) is 0 Å². The molecule has 5 rings (SSSR count). The maximum absolute atomic E-state index is 10.8. The smallest absolute Gasteiger partial charge is 0.121 e. The lowest BCUT2D eigenvalue weighted by atomic mass is 9.76. The molecule has 0 radical (unpaired) electrons. The topological polar surface area (TPSA) is 117 Å². The van der Waals surface area contributed by atoms with Crippen molar-refractivity contribution in [3.8, 4) is 0 Å². The molecule has 4 bridgehead atoms. The van der Waals surface area contributed by atoms with Gasteiger partial charge in [-0.3, -0.25) is 15.8 Å². The first-order valence-corrected chi connectivity index (χ1v) is 8.05. The third-order valence-electron chi connectivity index (χ3n) is 6.69. The number of hydrogen-bond acceptors (Lipinski definition) is 8. The summed E-state index contributed by atoms with van der Waals surface area (Å²) in [7, 11) is 0. The zero-order valence-corrected chi connectivity index (χ0v) is 13.5. The van der Waals surface area contributed by atoms with Crippen molar-refractivity contribution in [1.82, 2.24) is 0 Å². The van der Waals surface area contributed by atoms with Gasteiger partial charge in [0.15, 0.2) is 0 Å². The predicted molar refractivity (Wildman–Crippen MR) is 89.7 cm³/mol. The van der Waals surface area contributed by atoms with Gasteiger partial charge in [0.05, 0.1) is 5.69 Å². The van der Waals surface area contributed by atoms with Gasteiger partial charge < -0.3 is 15.6 Å². The lowest BCUT2D eigenvalue weighted by Gasteiger charge is -2.37. The molecule has 0 aromatic heterocycles. The molecule has 4 aliphatic rings. The molecule has 0 aliphatic heterocycles. The third kappa shape index (κ3) is 1.85. The van der Waals surface area contributed by atoms with Crippen molar-refractivity contribution in [1.29, 1.82) is 0 Å². The molecule has 1 aromatic carbocycles. The van der Waals surface area contributed by atoms with Crippen molar-refractivity contribution in [3.63, 3.8) is 0 Å². The van der Waals surface area contributed by atoms with Crippen LogP contribution in [-0.2, 0) is 0 Å². The molecule has 24 heavy (non-hydrogen) atoms. The van der Waals surface area contributed by atoms with Crippen molar-refractivity contribution in [2.45, 2.75) is 26.7 Å². The van der Waals surface area contributed by atoms with E-state index in [0.29, 0.717) is 17.5 Å². The average Bonchev–Trinajstić information content (AvgIpc) is 2.81. The number of rotatable bonds is 5. The summed E-state index contributed by atoms with van der Waals surface area (Å²) in [5.41, 5.74) is 3.12. The Morgan fingerprint density at radius 3 is 2.42 bits per heavy atom. The van der Waals surface area contributed by atoms with Gasteiger partial charge >= 0.3 is 0 Å². The molecular formula is C16H20N4O4-2. The van der Waals surface area contributed by atoms with E-state index in [1.54, 1.807) is 0 Å². The molecule has 4 saturated carbocycles. The molecule has 0 heterocycles. The predicted octanol–water partition coefficient (Wildman–Crippen LogP) is 3.15. The summed E-state index contributed by atoms with van der Waals surface area (Å²) < 4.78 is 0. The van der Waals surface area contributed by atoms with E-state index >= 15 is 0 Å². The summed E-state index contributed by atoms with van der Waals surface area (Å²) in [4.78, 5) is 0. The van der Waals surface area contributed by atoms with Crippen molar-refractivity contribution in [2.24, 2.45) is 33.7 Å². The Morgan fingerprint density at radius 2 is 1.92 bits per heavy atom. The molecule has 4 atom stereocenters. The second-order valence-corrected chi connectivity index (χ2v) is 7.65. The standard InChI is InChI=1S/C16H20N4O4/c1-15(2)9-5-11-12(6-9)16(11,15)8-17-18-13-4-3-10(19(21)22)7-14(13)20(23)24/h3-4,7-9,11-12,18,23-24H,5-6H2,1-2H3/q-2/t9?,11-,12+,16?. The number of anilines is 3. The van der Waals surface area contributed by atoms with Gasteiger partial charge in [-0.25, -0.2) is 0 Å². The Kier molecular flexibility index (Phi) is 3.14. The first-order valence-electron chi connectivity index (χ1n) is 8.05. The molecule has 4 aliphatic carbocycles. The second kappa shape index (κ2) is 4.82. The normalized spacial score (nSPS) is 34.7. The van der Waals surface area contributed by atoms with Gasteiger partial charge in [0, 0.05) is 17.3 Å². The van der Waals surface area contributed by atoms with Crippen molar-refractivity contribution >= 4 is 23.3 Å². The highest BCUT2D eigenvalue weighted by Gasteiger charge is 2.81. The number of benzene rings is 1. The minimum Gasteiger partial charge on any atom is -0.769 e. The van der Waals surface area contributed by atoms with Crippen LogP contribution in [0, 0.1) is 39.0 Å². The van der Waals surface area contributed by atoms with E-state index in [1.807, 2.05) is 6.21 Å². The van der Waals surface area contributed by atoms with Gasteiger partial charge in [0.1, 0.15) is 5.69 Å². The number of hydrogen-bond donors (Lipinski definition) is 3. The molecule has 8 heteroatoms. The van der Waals surface area contributed by atoms with Gasteiger partial charge in [-0.1, -0.05) is 13.8 Å². The van der Waals surface area contributed by atoms with E-state index in [9.17, 15) is 20.8 Å². The Hall–Kier alpha value is -1.87. The monoisotopic (exact) mass is 332 g/mol. The minimum absolute atomic E-state index is 0.124. The number of nitrogens with zero attached hydrogens (tertiary/aromatic N) is 3. The van der Waals surface area contributed by atoms with E-state index in [2.05, 4.69) is 24.4 Å². The Morgan fingerprint density at radius 1 is 1.25 bits per heavy atom. The van der Waals surface area contributed by atoms with Crippen molar-refractivity contribution < 1.29 is 10.4 Å². The Labute approximate surface area is 139 Å².